The van der Waals surface area contributed by atoms with E-state index < -0.39 is 41.3 Å². The first kappa shape index (κ1) is 20.9. The molecule has 0 aliphatic carbocycles. The van der Waals surface area contributed by atoms with Crippen LogP contribution in [0.15, 0.2) is 47.6 Å². The Labute approximate surface area is 156 Å². The van der Waals surface area contributed by atoms with Gasteiger partial charge in [-0.3, -0.25) is 10.2 Å². The molecule has 0 radical (unpaired) electrons. The fourth-order valence-corrected chi connectivity index (χ4v) is 2.05. The summed E-state index contributed by atoms with van der Waals surface area (Å²) < 4.78 is 60.9. The summed E-state index contributed by atoms with van der Waals surface area (Å²) in [6.07, 6.45) is 0. The molecular weight excluding hydrogens is 384 g/mol. The first-order valence-corrected chi connectivity index (χ1v) is 7.87. The maximum Gasteiger partial charge on any atom is 0.387 e. The molecule has 0 aliphatic rings. The summed E-state index contributed by atoms with van der Waals surface area (Å²) >= 11 is 0. The summed E-state index contributed by atoms with van der Waals surface area (Å²) in [5, 5.41) is 3.58. The van der Waals surface area contributed by atoms with Crippen molar-refractivity contribution < 1.29 is 36.6 Å². The third-order valence-electron chi connectivity index (χ3n) is 3.25. The van der Waals surface area contributed by atoms with E-state index in [4.69, 9.17) is 4.74 Å². The molecule has 28 heavy (non-hydrogen) atoms. The fraction of sp³-hybridized carbons (Fsp3) is 0.167. The van der Waals surface area contributed by atoms with Crippen LogP contribution in [-0.2, 0) is 9.53 Å². The number of anilines is 1. The van der Waals surface area contributed by atoms with Crippen molar-refractivity contribution in [2.24, 2.45) is 5.10 Å². The van der Waals surface area contributed by atoms with Crippen LogP contribution in [0.25, 0.3) is 0 Å². The normalized spacial score (nSPS) is 11.3. The van der Waals surface area contributed by atoms with E-state index in [-0.39, 0.29) is 18.0 Å². The Balaban J connectivity index is 2.30. The lowest BCUT2D eigenvalue weighted by Crippen LogP contribution is -2.29. The van der Waals surface area contributed by atoms with E-state index in [0.717, 1.165) is 18.2 Å². The van der Waals surface area contributed by atoms with Crippen molar-refractivity contribution in [3.8, 4) is 5.75 Å². The topological polar surface area (TPSA) is 77.0 Å². The van der Waals surface area contributed by atoms with Crippen LogP contribution in [0.5, 0.6) is 5.75 Å². The summed E-state index contributed by atoms with van der Waals surface area (Å²) in [7, 11) is 0. The molecule has 0 spiro atoms. The van der Waals surface area contributed by atoms with Gasteiger partial charge in [0.1, 0.15) is 17.4 Å². The third-order valence-corrected chi connectivity index (χ3v) is 3.25. The third kappa shape index (κ3) is 5.29. The van der Waals surface area contributed by atoms with Crippen LogP contribution in [0.1, 0.15) is 17.3 Å². The van der Waals surface area contributed by atoms with Crippen molar-refractivity contribution >= 4 is 23.2 Å². The molecule has 0 bridgehead atoms. The molecule has 0 heterocycles. The van der Waals surface area contributed by atoms with Gasteiger partial charge in [0.15, 0.2) is 0 Å². The van der Waals surface area contributed by atoms with Gasteiger partial charge < -0.3 is 9.47 Å². The number of nitrogens with zero attached hydrogens (tertiary/aromatic N) is 1. The van der Waals surface area contributed by atoms with E-state index in [0.29, 0.717) is 0 Å². The summed E-state index contributed by atoms with van der Waals surface area (Å²) in [5.41, 5.74) is 0.667. The number of rotatable bonds is 8. The van der Waals surface area contributed by atoms with E-state index in [1.807, 2.05) is 0 Å². The van der Waals surface area contributed by atoms with E-state index in [9.17, 15) is 27.2 Å². The summed E-state index contributed by atoms with van der Waals surface area (Å²) in [6, 6.07) is 7.70. The molecule has 0 unspecified atom stereocenters. The first-order chi connectivity index (χ1) is 13.3. The highest BCUT2D eigenvalue weighted by Crippen LogP contribution is 2.18. The lowest BCUT2D eigenvalue weighted by atomic mass is 10.1. The highest BCUT2D eigenvalue weighted by molar-refractivity contribution is 6.67. The molecule has 2 rings (SSSR count). The van der Waals surface area contributed by atoms with Gasteiger partial charge in [-0.15, -0.1) is 0 Å². The Kier molecular flexibility index (Phi) is 7.08. The molecule has 6 nitrogen and oxygen atoms in total. The minimum Gasteiger partial charge on any atom is -0.461 e. The molecule has 0 saturated carbocycles. The second kappa shape index (κ2) is 9.49. The zero-order chi connectivity index (χ0) is 20.7. The standard InChI is InChI=1S/C18H14F4N2O4/c1-2-27-17(26)15(16(25)14-12(19)4-3-5-13(14)20)24-23-10-6-8-11(9-7-10)28-18(21)22/h3-9,18,23H,2H2,1H3. The second-order valence-electron chi connectivity index (χ2n) is 5.12. The van der Waals surface area contributed by atoms with E-state index >= 15 is 0 Å². The maximum atomic E-state index is 13.9. The van der Waals surface area contributed by atoms with Gasteiger partial charge in [-0.1, -0.05) is 6.07 Å². The van der Waals surface area contributed by atoms with Crippen molar-refractivity contribution in [3.05, 3.63) is 59.7 Å². The van der Waals surface area contributed by atoms with Gasteiger partial charge in [0, 0.05) is 0 Å². The van der Waals surface area contributed by atoms with E-state index in [1.54, 1.807) is 0 Å². The highest BCUT2D eigenvalue weighted by atomic mass is 19.3. The van der Waals surface area contributed by atoms with Gasteiger partial charge >= 0.3 is 12.6 Å². The average molecular weight is 398 g/mol. The molecule has 0 amide bonds. The number of nitrogens with one attached hydrogen (secondary N) is 1. The summed E-state index contributed by atoms with van der Waals surface area (Å²) in [4.78, 5) is 24.5. The SMILES string of the molecule is CCOC(=O)C(=NNc1ccc(OC(F)F)cc1)C(=O)c1c(F)cccc1F. The average Bonchev–Trinajstić information content (AvgIpc) is 2.63. The zero-order valence-electron chi connectivity index (χ0n) is 14.4. The number of hydrazone groups is 1. The monoisotopic (exact) mass is 398 g/mol. The van der Waals surface area contributed by atoms with Crippen LogP contribution < -0.4 is 10.2 Å². The summed E-state index contributed by atoms with van der Waals surface area (Å²) in [5.74, 6) is -4.98. The number of carbonyl (C=O) groups is 2. The number of ketones is 1. The van der Waals surface area contributed by atoms with Gasteiger partial charge in [0.25, 0.3) is 0 Å². The number of esters is 1. The zero-order valence-corrected chi connectivity index (χ0v) is 14.4. The predicted molar refractivity (Wildman–Crippen MR) is 91.5 cm³/mol. The predicted octanol–water partition coefficient (Wildman–Crippen LogP) is 3.78. The second-order valence-corrected chi connectivity index (χ2v) is 5.12. The lowest BCUT2D eigenvalue weighted by Gasteiger charge is -2.09. The Morgan fingerprint density at radius 1 is 1.07 bits per heavy atom. The van der Waals surface area contributed by atoms with Gasteiger partial charge in [0.2, 0.25) is 11.5 Å². The number of Topliss-reactive ketones (excluding diaryl/α,β-unsaturated/α-hetero) is 1. The Hall–Kier alpha value is -3.43. The Bertz CT molecular complexity index is 865. The highest BCUT2D eigenvalue weighted by Gasteiger charge is 2.28. The summed E-state index contributed by atoms with van der Waals surface area (Å²) in [6.45, 7) is -1.64. The Morgan fingerprint density at radius 2 is 1.68 bits per heavy atom. The van der Waals surface area contributed by atoms with Gasteiger partial charge in [-0.25, -0.2) is 13.6 Å². The molecule has 10 heteroatoms. The van der Waals surface area contributed by atoms with E-state index in [1.165, 1.54) is 31.2 Å². The molecule has 0 aliphatic heterocycles. The molecule has 148 valence electrons. The van der Waals surface area contributed by atoms with Crippen molar-refractivity contribution in [2.75, 3.05) is 12.0 Å². The van der Waals surface area contributed by atoms with Gasteiger partial charge in [-0.05, 0) is 43.3 Å². The first-order valence-electron chi connectivity index (χ1n) is 7.87. The minimum absolute atomic E-state index is 0.107. The molecular formula is C18H14F4N2O4. The lowest BCUT2D eigenvalue weighted by molar-refractivity contribution is -0.134. The van der Waals surface area contributed by atoms with Crippen LogP contribution >= 0.6 is 0 Å². The number of ether oxygens (including phenoxy) is 2. The van der Waals surface area contributed by atoms with Gasteiger partial charge in [0.05, 0.1) is 17.9 Å². The smallest absolute Gasteiger partial charge is 0.387 e. The molecule has 2 aromatic carbocycles. The Morgan fingerprint density at radius 3 is 2.21 bits per heavy atom. The van der Waals surface area contributed by atoms with Crippen molar-refractivity contribution in [3.63, 3.8) is 0 Å². The molecule has 0 atom stereocenters. The van der Waals surface area contributed by atoms with Crippen LogP contribution in [-0.4, -0.2) is 30.7 Å². The number of hydrogen-bond acceptors (Lipinski definition) is 6. The molecule has 2 aromatic rings. The molecule has 1 N–H and O–H groups in total. The minimum atomic E-state index is -3.00. The van der Waals surface area contributed by atoms with Crippen LogP contribution in [0.4, 0.5) is 23.2 Å². The van der Waals surface area contributed by atoms with Crippen LogP contribution in [0.2, 0.25) is 0 Å². The number of hydrogen-bond donors (Lipinski definition) is 1. The van der Waals surface area contributed by atoms with Crippen molar-refractivity contribution in [2.45, 2.75) is 13.5 Å². The molecule has 0 fully saturated rings. The fourth-order valence-electron chi connectivity index (χ4n) is 2.05. The number of benzene rings is 2. The van der Waals surface area contributed by atoms with Crippen molar-refractivity contribution in [1.29, 1.82) is 0 Å². The maximum absolute atomic E-state index is 13.9. The van der Waals surface area contributed by atoms with Crippen LogP contribution in [0, 0.1) is 11.6 Å². The molecule has 0 aromatic heterocycles. The number of carbonyl (C=O) groups excluding carboxylic acids is 2. The largest absolute Gasteiger partial charge is 0.461 e. The number of halogens is 4. The van der Waals surface area contributed by atoms with Gasteiger partial charge in [-0.2, -0.15) is 13.9 Å². The van der Waals surface area contributed by atoms with Crippen LogP contribution in [0.3, 0.4) is 0 Å². The van der Waals surface area contributed by atoms with Crippen molar-refractivity contribution in [1.82, 2.24) is 0 Å². The quantitative estimate of drug-likeness (QED) is 0.183. The molecule has 0 saturated heterocycles. The number of alkyl halides is 2. The van der Waals surface area contributed by atoms with E-state index in [2.05, 4.69) is 15.3 Å².